The summed E-state index contributed by atoms with van der Waals surface area (Å²) in [6.07, 6.45) is 0. The second-order valence-electron chi connectivity index (χ2n) is 4.14. The molecule has 0 aliphatic rings. The van der Waals surface area contributed by atoms with Crippen molar-refractivity contribution in [1.82, 2.24) is 0 Å². The van der Waals surface area contributed by atoms with Crippen molar-refractivity contribution < 1.29 is 9.18 Å². The van der Waals surface area contributed by atoms with Gasteiger partial charge in [0.25, 0.3) is 5.91 Å². The molecule has 0 saturated heterocycles. The van der Waals surface area contributed by atoms with Gasteiger partial charge < -0.3 is 11.1 Å². The summed E-state index contributed by atoms with van der Waals surface area (Å²) in [6, 6.07) is 8.44. The minimum Gasteiger partial charge on any atom is -0.389 e. The van der Waals surface area contributed by atoms with Gasteiger partial charge in [0.05, 0.1) is 10.6 Å². The van der Waals surface area contributed by atoms with Gasteiger partial charge in [-0.1, -0.05) is 35.4 Å². The molecule has 3 N–H and O–H groups in total. The lowest BCUT2D eigenvalue weighted by Gasteiger charge is -2.09. The molecule has 2 aromatic rings. The van der Waals surface area contributed by atoms with Crippen molar-refractivity contribution in [3.63, 3.8) is 0 Å². The van der Waals surface area contributed by atoms with Gasteiger partial charge in [-0.15, -0.1) is 0 Å². The van der Waals surface area contributed by atoms with E-state index in [9.17, 15) is 9.18 Å². The molecule has 2 aromatic carbocycles. The third-order valence-electron chi connectivity index (χ3n) is 2.67. The molecule has 108 valence electrons. The Kier molecular flexibility index (Phi) is 4.77. The number of thiocarbonyl (C=S) groups is 1. The molecule has 0 aromatic heterocycles. The molecule has 0 atom stereocenters. The molecule has 7 heteroatoms. The van der Waals surface area contributed by atoms with Gasteiger partial charge in [-0.05, 0) is 36.4 Å². The smallest absolute Gasteiger partial charge is 0.257 e. The fourth-order valence-electron chi connectivity index (χ4n) is 1.66. The van der Waals surface area contributed by atoms with Crippen molar-refractivity contribution >= 4 is 52.0 Å². The molecule has 0 bridgehead atoms. The quantitative estimate of drug-likeness (QED) is 0.828. The minimum absolute atomic E-state index is 0.0602. The number of hydrogen-bond donors (Lipinski definition) is 2. The van der Waals surface area contributed by atoms with Gasteiger partial charge in [-0.3, -0.25) is 4.79 Å². The molecule has 0 saturated carbocycles. The second-order valence-corrected chi connectivity index (χ2v) is 5.42. The highest BCUT2D eigenvalue weighted by molar-refractivity contribution is 7.80. The monoisotopic (exact) mass is 342 g/mol. The molecule has 0 radical (unpaired) electrons. The van der Waals surface area contributed by atoms with Crippen molar-refractivity contribution in [2.75, 3.05) is 5.32 Å². The Hall–Kier alpha value is -1.69. The van der Waals surface area contributed by atoms with Crippen LogP contribution >= 0.6 is 35.4 Å². The number of halogens is 3. The summed E-state index contributed by atoms with van der Waals surface area (Å²) in [6.45, 7) is 0. The number of amides is 1. The van der Waals surface area contributed by atoms with Gasteiger partial charge in [0, 0.05) is 16.3 Å². The summed E-state index contributed by atoms with van der Waals surface area (Å²) in [5.41, 5.74) is 6.08. The Bertz CT molecular complexity index is 737. The highest BCUT2D eigenvalue weighted by Gasteiger charge is 2.13. The first-order chi connectivity index (χ1) is 9.88. The van der Waals surface area contributed by atoms with Crippen molar-refractivity contribution in [3.8, 4) is 0 Å². The Balaban J connectivity index is 2.27. The van der Waals surface area contributed by atoms with E-state index in [1.165, 1.54) is 30.3 Å². The number of carbonyl (C=O) groups excluding carboxylic acids is 1. The Morgan fingerprint density at radius 2 is 1.86 bits per heavy atom. The highest BCUT2D eigenvalue weighted by atomic mass is 35.5. The summed E-state index contributed by atoms with van der Waals surface area (Å²) in [5.74, 6) is -0.998. The first kappa shape index (κ1) is 15.7. The lowest BCUT2D eigenvalue weighted by Crippen LogP contribution is -2.15. The van der Waals surface area contributed by atoms with Crippen LogP contribution < -0.4 is 11.1 Å². The van der Waals surface area contributed by atoms with E-state index in [0.29, 0.717) is 10.7 Å². The molecule has 0 fully saturated rings. The van der Waals surface area contributed by atoms with Crippen LogP contribution in [0, 0.1) is 5.82 Å². The van der Waals surface area contributed by atoms with Gasteiger partial charge in [0.1, 0.15) is 10.8 Å². The first-order valence-corrected chi connectivity index (χ1v) is 6.90. The van der Waals surface area contributed by atoms with Crippen LogP contribution in [0.1, 0.15) is 15.9 Å². The van der Waals surface area contributed by atoms with E-state index >= 15 is 0 Å². The van der Waals surface area contributed by atoms with Crippen LogP contribution in [0.5, 0.6) is 0 Å². The Labute approximate surface area is 135 Å². The van der Waals surface area contributed by atoms with Crippen LogP contribution in [0.3, 0.4) is 0 Å². The van der Waals surface area contributed by atoms with Crippen LogP contribution in [0.4, 0.5) is 10.1 Å². The number of benzene rings is 2. The molecular formula is C14H9Cl2FN2OS. The lowest BCUT2D eigenvalue weighted by atomic mass is 10.1. The lowest BCUT2D eigenvalue weighted by molar-refractivity contribution is 0.102. The molecule has 0 unspecified atom stereocenters. The molecule has 0 aliphatic heterocycles. The van der Waals surface area contributed by atoms with Crippen LogP contribution in [-0.4, -0.2) is 10.9 Å². The van der Waals surface area contributed by atoms with Gasteiger partial charge in [-0.25, -0.2) is 4.39 Å². The molecule has 1 amide bonds. The normalized spacial score (nSPS) is 10.2. The maximum atomic E-state index is 13.5. The molecular weight excluding hydrogens is 334 g/mol. The van der Waals surface area contributed by atoms with Crippen molar-refractivity contribution in [2.45, 2.75) is 0 Å². The minimum atomic E-state index is -0.551. The van der Waals surface area contributed by atoms with E-state index in [-0.39, 0.29) is 21.1 Å². The number of hydrogen-bond acceptors (Lipinski definition) is 2. The third-order valence-corrected chi connectivity index (χ3v) is 3.43. The zero-order chi connectivity index (χ0) is 15.6. The Morgan fingerprint density at radius 3 is 2.48 bits per heavy atom. The summed E-state index contributed by atoms with van der Waals surface area (Å²) in [7, 11) is 0. The molecule has 0 heterocycles. The topological polar surface area (TPSA) is 55.1 Å². The fourth-order valence-corrected chi connectivity index (χ4v) is 2.31. The van der Waals surface area contributed by atoms with E-state index in [0.717, 1.165) is 0 Å². The molecule has 3 nitrogen and oxygen atoms in total. The van der Waals surface area contributed by atoms with Crippen molar-refractivity contribution in [2.24, 2.45) is 5.73 Å². The number of rotatable bonds is 3. The van der Waals surface area contributed by atoms with Gasteiger partial charge in [-0.2, -0.15) is 0 Å². The predicted molar refractivity (Wildman–Crippen MR) is 86.7 cm³/mol. The van der Waals surface area contributed by atoms with E-state index in [1.807, 2.05) is 0 Å². The Morgan fingerprint density at radius 1 is 1.14 bits per heavy atom. The highest BCUT2D eigenvalue weighted by Crippen LogP contribution is 2.22. The summed E-state index contributed by atoms with van der Waals surface area (Å²) in [4.78, 5) is 12.0. The average molecular weight is 343 g/mol. The van der Waals surface area contributed by atoms with E-state index in [2.05, 4.69) is 5.32 Å². The maximum Gasteiger partial charge on any atom is 0.257 e. The predicted octanol–water partition coefficient (Wildman–Crippen LogP) is 4.02. The number of nitrogens with two attached hydrogens (primary N) is 1. The van der Waals surface area contributed by atoms with Gasteiger partial charge in [0.15, 0.2) is 0 Å². The van der Waals surface area contributed by atoms with E-state index < -0.39 is 11.7 Å². The standard InChI is InChI=1S/C14H9Cl2FN2OS/c15-7-1-3-9(11(16)5-7)14(20)19-8-2-4-12(17)10(6-8)13(18)21/h1-6H,(H2,18,21)(H,19,20). The summed E-state index contributed by atoms with van der Waals surface area (Å²) in [5, 5.41) is 3.24. The largest absolute Gasteiger partial charge is 0.389 e. The number of carbonyl (C=O) groups is 1. The number of nitrogens with one attached hydrogen (secondary N) is 1. The number of anilines is 1. The molecule has 0 aliphatic carbocycles. The summed E-state index contributed by atoms with van der Waals surface area (Å²) >= 11 is 16.5. The van der Waals surface area contributed by atoms with Crippen molar-refractivity contribution in [3.05, 3.63) is 63.4 Å². The van der Waals surface area contributed by atoms with Crippen LogP contribution in [0.2, 0.25) is 10.0 Å². The van der Waals surface area contributed by atoms with E-state index in [1.54, 1.807) is 6.07 Å². The third kappa shape index (κ3) is 3.69. The maximum absolute atomic E-state index is 13.5. The zero-order valence-corrected chi connectivity index (χ0v) is 12.8. The van der Waals surface area contributed by atoms with Gasteiger partial charge in [0.2, 0.25) is 0 Å². The molecule has 21 heavy (non-hydrogen) atoms. The van der Waals surface area contributed by atoms with Crippen LogP contribution in [0.25, 0.3) is 0 Å². The summed E-state index contributed by atoms with van der Waals surface area (Å²) < 4.78 is 13.5. The van der Waals surface area contributed by atoms with E-state index in [4.69, 9.17) is 41.2 Å². The zero-order valence-electron chi connectivity index (χ0n) is 10.5. The van der Waals surface area contributed by atoms with Crippen LogP contribution in [0.15, 0.2) is 36.4 Å². The fraction of sp³-hybridized carbons (Fsp3) is 0. The van der Waals surface area contributed by atoms with Crippen LogP contribution in [-0.2, 0) is 0 Å². The SMILES string of the molecule is NC(=S)c1cc(NC(=O)c2ccc(Cl)cc2Cl)ccc1F. The van der Waals surface area contributed by atoms with Crippen molar-refractivity contribution in [1.29, 1.82) is 0 Å². The molecule has 2 rings (SSSR count). The van der Waals surface area contributed by atoms with Gasteiger partial charge >= 0.3 is 0 Å². The molecule has 0 spiro atoms. The average Bonchev–Trinajstić information content (AvgIpc) is 2.40. The second kappa shape index (κ2) is 6.39. The first-order valence-electron chi connectivity index (χ1n) is 5.74.